The van der Waals surface area contributed by atoms with Crippen molar-refractivity contribution < 1.29 is 4.79 Å². The molecule has 5 nitrogen and oxygen atoms in total. The minimum atomic E-state index is -0.212. The lowest BCUT2D eigenvalue weighted by Crippen LogP contribution is -2.34. The van der Waals surface area contributed by atoms with Crippen LogP contribution in [0, 0.1) is 0 Å². The normalized spacial score (nSPS) is 14.6. The highest BCUT2D eigenvalue weighted by molar-refractivity contribution is 5.84. The van der Waals surface area contributed by atoms with Gasteiger partial charge < -0.3 is 10.3 Å². The Balaban J connectivity index is 1.58. The molecule has 1 amide bonds. The lowest BCUT2D eigenvalue weighted by Gasteiger charge is -2.11. The Labute approximate surface area is 151 Å². The number of nitrogens with zero attached hydrogens (tertiary/aromatic N) is 1. The van der Waals surface area contributed by atoms with Crippen molar-refractivity contribution in [1.82, 2.24) is 15.3 Å². The third-order valence-electron chi connectivity index (χ3n) is 4.91. The third-order valence-corrected chi connectivity index (χ3v) is 4.91. The number of carbonyl (C=O) groups is 1. The molecule has 1 aliphatic carbocycles. The number of benzene rings is 2. The van der Waals surface area contributed by atoms with E-state index in [1.165, 1.54) is 12.8 Å². The summed E-state index contributed by atoms with van der Waals surface area (Å²) < 4.78 is 0. The molecule has 2 aromatic carbocycles. The molecule has 0 aliphatic heterocycles. The number of carbonyl (C=O) groups excluding carboxylic acids is 1. The minimum Gasteiger partial charge on any atom is -0.353 e. The smallest absolute Gasteiger partial charge is 0.258 e. The molecular formula is C21H21N3O2. The first-order valence-electron chi connectivity index (χ1n) is 9.07. The molecule has 2 N–H and O–H groups in total. The third kappa shape index (κ3) is 3.52. The second-order valence-corrected chi connectivity index (χ2v) is 6.84. The van der Waals surface area contributed by atoms with Gasteiger partial charge in [0.05, 0.1) is 17.3 Å². The summed E-state index contributed by atoms with van der Waals surface area (Å²) in [7, 11) is 0. The second-order valence-electron chi connectivity index (χ2n) is 6.84. The molecule has 0 bridgehead atoms. The zero-order valence-electron chi connectivity index (χ0n) is 14.5. The van der Waals surface area contributed by atoms with E-state index in [9.17, 15) is 9.59 Å². The predicted molar refractivity (Wildman–Crippen MR) is 102 cm³/mol. The van der Waals surface area contributed by atoms with Crippen LogP contribution in [0.3, 0.4) is 0 Å². The van der Waals surface area contributed by atoms with Gasteiger partial charge in [-0.05, 0) is 36.1 Å². The molecule has 1 saturated carbocycles. The fraction of sp³-hybridized carbons (Fsp3) is 0.286. The largest absolute Gasteiger partial charge is 0.353 e. The number of hydrogen-bond acceptors (Lipinski definition) is 3. The van der Waals surface area contributed by atoms with Crippen LogP contribution < -0.4 is 10.9 Å². The summed E-state index contributed by atoms with van der Waals surface area (Å²) in [4.78, 5) is 31.9. The lowest BCUT2D eigenvalue weighted by molar-refractivity contribution is -0.121. The molecule has 0 unspecified atom stereocenters. The number of fused-ring (bicyclic) bond motifs is 1. The number of hydrogen-bond donors (Lipinski definition) is 2. The monoisotopic (exact) mass is 347 g/mol. The average Bonchev–Trinajstić information content (AvgIpc) is 3.15. The summed E-state index contributed by atoms with van der Waals surface area (Å²) in [5.41, 5.74) is 2.42. The fourth-order valence-electron chi connectivity index (χ4n) is 3.58. The van der Waals surface area contributed by atoms with Crippen LogP contribution in [-0.2, 0) is 11.2 Å². The van der Waals surface area contributed by atoms with E-state index >= 15 is 0 Å². The van der Waals surface area contributed by atoms with Gasteiger partial charge in [-0.3, -0.25) is 9.59 Å². The Morgan fingerprint density at radius 1 is 1.08 bits per heavy atom. The SMILES string of the molecule is O=C(Cc1nc2ccc(-c3ccccc3)cc2c(=O)[nH]1)NC1CCCC1. The molecule has 4 rings (SSSR count). The van der Waals surface area contributed by atoms with E-state index in [1.54, 1.807) is 0 Å². The minimum absolute atomic E-state index is 0.0831. The molecular weight excluding hydrogens is 326 g/mol. The summed E-state index contributed by atoms with van der Waals surface area (Å²) in [6, 6.07) is 15.8. The van der Waals surface area contributed by atoms with E-state index in [2.05, 4.69) is 15.3 Å². The van der Waals surface area contributed by atoms with Crippen molar-refractivity contribution in [3.05, 3.63) is 64.7 Å². The predicted octanol–water partition coefficient (Wildman–Crippen LogP) is 3.19. The number of amides is 1. The van der Waals surface area contributed by atoms with Crippen molar-refractivity contribution in [2.75, 3.05) is 0 Å². The maximum Gasteiger partial charge on any atom is 0.258 e. The van der Waals surface area contributed by atoms with Crippen LogP contribution in [0.25, 0.3) is 22.0 Å². The standard InChI is InChI=1S/C21H21N3O2/c25-20(22-16-8-4-5-9-16)13-19-23-18-11-10-15(12-17(18)21(26)24-19)14-6-2-1-3-7-14/h1-3,6-7,10-12,16H,4-5,8-9,13H2,(H,22,25)(H,23,24,26). The molecule has 1 heterocycles. The Morgan fingerprint density at radius 3 is 2.62 bits per heavy atom. The fourth-order valence-corrected chi connectivity index (χ4v) is 3.58. The molecule has 0 atom stereocenters. The highest BCUT2D eigenvalue weighted by Gasteiger charge is 2.18. The van der Waals surface area contributed by atoms with Crippen LogP contribution in [0.1, 0.15) is 31.5 Å². The summed E-state index contributed by atoms with van der Waals surface area (Å²) in [6.45, 7) is 0. The van der Waals surface area contributed by atoms with Crippen LogP contribution in [0.15, 0.2) is 53.3 Å². The van der Waals surface area contributed by atoms with E-state index in [4.69, 9.17) is 0 Å². The van der Waals surface area contributed by atoms with Crippen molar-refractivity contribution >= 4 is 16.8 Å². The number of rotatable bonds is 4. The van der Waals surface area contributed by atoms with Gasteiger partial charge in [-0.1, -0.05) is 49.2 Å². The van der Waals surface area contributed by atoms with E-state index in [0.717, 1.165) is 24.0 Å². The molecule has 1 aliphatic rings. The van der Waals surface area contributed by atoms with Gasteiger partial charge in [-0.2, -0.15) is 0 Å². The van der Waals surface area contributed by atoms with Crippen molar-refractivity contribution in [2.45, 2.75) is 38.1 Å². The Bertz CT molecular complexity index is 989. The highest BCUT2D eigenvalue weighted by Crippen LogP contribution is 2.22. The van der Waals surface area contributed by atoms with E-state index in [1.807, 2.05) is 48.5 Å². The van der Waals surface area contributed by atoms with Crippen molar-refractivity contribution in [2.24, 2.45) is 0 Å². The van der Waals surface area contributed by atoms with Crippen LogP contribution in [0.2, 0.25) is 0 Å². The van der Waals surface area contributed by atoms with Gasteiger partial charge in [-0.25, -0.2) is 4.98 Å². The zero-order chi connectivity index (χ0) is 17.9. The number of aromatic nitrogens is 2. The van der Waals surface area contributed by atoms with Crippen molar-refractivity contribution in [3.8, 4) is 11.1 Å². The maximum atomic E-state index is 12.5. The van der Waals surface area contributed by atoms with Crippen LogP contribution in [0.4, 0.5) is 0 Å². The summed E-state index contributed by atoms with van der Waals surface area (Å²) in [5, 5.41) is 3.56. The molecule has 1 aromatic heterocycles. The van der Waals surface area contributed by atoms with E-state index in [-0.39, 0.29) is 23.9 Å². The first-order chi connectivity index (χ1) is 12.7. The first-order valence-corrected chi connectivity index (χ1v) is 9.07. The number of aromatic amines is 1. The summed E-state index contributed by atoms with van der Waals surface area (Å²) in [6.07, 6.45) is 4.51. The molecule has 0 spiro atoms. The van der Waals surface area contributed by atoms with Gasteiger partial charge in [0.15, 0.2) is 0 Å². The molecule has 3 aromatic rings. The van der Waals surface area contributed by atoms with Crippen LogP contribution in [0.5, 0.6) is 0 Å². The molecule has 26 heavy (non-hydrogen) atoms. The highest BCUT2D eigenvalue weighted by atomic mass is 16.1. The molecule has 5 heteroatoms. The van der Waals surface area contributed by atoms with Gasteiger partial charge >= 0.3 is 0 Å². The molecule has 0 radical (unpaired) electrons. The lowest BCUT2D eigenvalue weighted by atomic mass is 10.0. The van der Waals surface area contributed by atoms with E-state index in [0.29, 0.717) is 16.7 Å². The van der Waals surface area contributed by atoms with Gasteiger partial charge in [0.25, 0.3) is 5.56 Å². The Kier molecular flexibility index (Phi) is 4.52. The van der Waals surface area contributed by atoms with E-state index < -0.39 is 0 Å². The summed E-state index contributed by atoms with van der Waals surface area (Å²) >= 11 is 0. The number of H-pyrrole nitrogens is 1. The molecule has 1 fully saturated rings. The topological polar surface area (TPSA) is 74.8 Å². The van der Waals surface area contributed by atoms with Crippen LogP contribution in [-0.4, -0.2) is 21.9 Å². The second kappa shape index (κ2) is 7.12. The Morgan fingerprint density at radius 2 is 1.85 bits per heavy atom. The Hall–Kier alpha value is -2.95. The number of nitrogens with one attached hydrogen (secondary N) is 2. The van der Waals surface area contributed by atoms with Crippen molar-refractivity contribution in [1.29, 1.82) is 0 Å². The maximum absolute atomic E-state index is 12.5. The average molecular weight is 347 g/mol. The van der Waals surface area contributed by atoms with Crippen LogP contribution >= 0.6 is 0 Å². The quantitative estimate of drug-likeness (QED) is 0.761. The molecule has 132 valence electrons. The van der Waals surface area contributed by atoms with Crippen molar-refractivity contribution in [3.63, 3.8) is 0 Å². The summed E-state index contributed by atoms with van der Waals surface area (Å²) in [5.74, 6) is 0.325. The van der Waals surface area contributed by atoms with Gasteiger partial charge in [0, 0.05) is 6.04 Å². The van der Waals surface area contributed by atoms with Gasteiger partial charge in [0.2, 0.25) is 5.91 Å². The first kappa shape index (κ1) is 16.5. The zero-order valence-corrected chi connectivity index (χ0v) is 14.5. The van der Waals surface area contributed by atoms with Gasteiger partial charge in [-0.15, -0.1) is 0 Å². The molecule has 0 saturated heterocycles. The van der Waals surface area contributed by atoms with Gasteiger partial charge in [0.1, 0.15) is 5.82 Å².